The van der Waals surface area contributed by atoms with Crippen LogP contribution in [0.4, 0.5) is 0 Å². The Hall–Kier alpha value is -2.68. The first-order chi connectivity index (χ1) is 15.2. The number of rotatable bonds is 7. The highest BCUT2D eigenvalue weighted by Crippen LogP contribution is 2.38. The van der Waals surface area contributed by atoms with Crippen molar-refractivity contribution in [3.8, 4) is 6.07 Å². The minimum absolute atomic E-state index is 0.197. The van der Waals surface area contributed by atoms with Crippen LogP contribution in [0.3, 0.4) is 0 Å². The maximum absolute atomic E-state index is 9.18. The molecular weight excluding hydrogens is 408 g/mol. The molecule has 0 spiro atoms. The van der Waals surface area contributed by atoms with E-state index < -0.39 is 5.60 Å². The second kappa shape index (κ2) is 10.1. The summed E-state index contributed by atoms with van der Waals surface area (Å²) in [6, 6.07) is 27.8. The van der Waals surface area contributed by atoms with Crippen LogP contribution in [0.2, 0.25) is 5.02 Å². The molecule has 0 aromatic heterocycles. The first-order valence-electron chi connectivity index (χ1n) is 10.4. The first-order valence-corrected chi connectivity index (χ1v) is 10.8. The standard InChI is InChI=1S/C26H25ClN2O2/c27-24-11-9-23(10-12-24)26(31-19-20-5-2-1-3-6-20)13-14-29-17-25(26)30-18-22-8-4-7-21(15-22)16-28/h1-12,15,25,29H,13-14,17-19H2/t25-,26-/m0/s1. The lowest BCUT2D eigenvalue weighted by atomic mass is 9.82. The summed E-state index contributed by atoms with van der Waals surface area (Å²) in [5.74, 6) is 0. The van der Waals surface area contributed by atoms with Crippen LogP contribution in [-0.2, 0) is 28.3 Å². The highest BCUT2D eigenvalue weighted by atomic mass is 35.5. The van der Waals surface area contributed by atoms with Crippen LogP contribution in [0.15, 0.2) is 78.9 Å². The van der Waals surface area contributed by atoms with E-state index in [2.05, 4.69) is 23.5 Å². The van der Waals surface area contributed by atoms with Crippen LogP contribution in [0.5, 0.6) is 0 Å². The van der Waals surface area contributed by atoms with Gasteiger partial charge >= 0.3 is 0 Å². The van der Waals surface area contributed by atoms with Crippen molar-refractivity contribution >= 4 is 11.6 Å². The molecular formula is C26H25ClN2O2. The van der Waals surface area contributed by atoms with Crippen molar-refractivity contribution in [1.29, 1.82) is 5.26 Å². The van der Waals surface area contributed by atoms with Gasteiger partial charge in [0.05, 0.1) is 24.8 Å². The summed E-state index contributed by atoms with van der Waals surface area (Å²) < 4.78 is 13.1. The summed E-state index contributed by atoms with van der Waals surface area (Å²) in [6.45, 7) is 2.41. The highest BCUT2D eigenvalue weighted by Gasteiger charge is 2.44. The minimum Gasteiger partial charge on any atom is -0.369 e. The van der Waals surface area contributed by atoms with Crippen molar-refractivity contribution in [2.24, 2.45) is 0 Å². The van der Waals surface area contributed by atoms with Gasteiger partial charge < -0.3 is 14.8 Å². The molecule has 1 aliphatic heterocycles. The Labute approximate surface area is 188 Å². The van der Waals surface area contributed by atoms with E-state index in [9.17, 15) is 5.26 Å². The third kappa shape index (κ3) is 5.15. The van der Waals surface area contributed by atoms with Gasteiger partial charge in [-0.25, -0.2) is 0 Å². The lowest BCUT2D eigenvalue weighted by molar-refractivity contribution is -0.176. The van der Waals surface area contributed by atoms with Gasteiger partial charge in [0.25, 0.3) is 0 Å². The Bertz CT molecular complexity index is 1030. The van der Waals surface area contributed by atoms with Gasteiger partial charge in [-0.3, -0.25) is 0 Å². The molecule has 0 amide bonds. The van der Waals surface area contributed by atoms with E-state index in [0.717, 1.165) is 29.7 Å². The largest absolute Gasteiger partial charge is 0.369 e. The maximum atomic E-state index is 9.18. The third-order valence-corrected chi connectivity index (χ3v) is 5.95. The van der Waals surface area contributed by atoms with Gasteiger partial charge in [0.2, 0.25) is 0 Å². The fraction of sp³-hybridized carbons (Fsp3) is 0.269. The summed E-state index contributed by atoms with van der Waals surface area (Å²) in [6.07, 6.45) is 0.585. The van der Waals surface area contributed by atoms with Gasteiger partial charge in [-0.05, 0) is 53.9 Å². The number of hydrogen-bond donors (Lipinski definition) is 1. The van der Waals surface area contributed by atoms with Gasteiger partial charge in [0.1, 0.15) is 11.7 Å². The Morgan fingerprint density at radius 2 is 1.74 bits per heavy atom. The van der Waals surface area contributed by atoms with E-state index in [-0.39, 0.29) is 6.10 Å². The molecule has 3 aromatic rings. The molecule has 5 heteroatoms. The Morgan fingerprint density at radius 1 is 0.968 bits per heavy atom. The van der Waals surface area contributed by atoms with E-state index in [1.54, 1.807) is 6.07 Å². The van der Waals surface area contributed by atoms with Gasteiger partial charge in [0.15, 0.2) is 0 Å². The SMILES string of the molecule is N#Cc1cccc(CO[C@H]2CNCC[C@]2(OCc2ccccc2)c2ccc(Cl)cc2)c1. The van der Waals surface area contributed by atoms with E-state index in [0.29, 0.717) is 30.3 Å². The van der Waals surface area contributed by atoms with Crippen LogP contribution in [0, 0.1) is 11.3 Å². The van der Waals surface area contributed by atoms with E-state index >= 15 is 0 Å². The Morgan fingerprint density at radius 3 is 2.52 bits per heavy atom. The third-order valence-electron chi connectivity index (χ3n) is 5.70. The van der Waals surface area contributed by atoms with Crippen LogP contribution in [0.25, 0.3) is 0 Å². The molecule has 1 fully saturated rings. The van der Waals surface area contributed by atoms with Gasteiger partial charge in [-0.2, -0.15) is 5.26 Å². The fourth-order valence-corrected chi connectivity index (χ4v) is 4.18. The van der Waals surface area contributed by atoms with E-state index in [4.69, 9.17) is 21.1 Å². The van der Waals surface area contributed by atoms with Gasteiger partial charge in [0, 0.05) is 11.6 Å². The molecule has 0 aliphatic carbocycles. The van der Waals surface area contributed by atoms with Crippen molar-refractivity contribution in [2.75, 3.05) is 13.1 Å². The molecule has 31 heavy (non-hydrogen) atoms. The quantitative estimate of drug-likeness (QED) is 0.557. The number of ether oxygens (including phenoxy) is 2. The summed E-state index contributed by atoms with van der Waals surface area (Å²) in [5.41, 5.74) is 3.18. The lowest BCUT2D eigenvalue weighted by Crippen LogP contribution is -2.54. The molecule has 1 saturated heterocycles. The zero-order valence-corrected chi connectivity index (χ0v) is 18.0. The average molecular weight is 433 g/mol. The van der Waals surface area contributed by atoms with Crippen molar-refractivity contribution in [3.05, 3.63) is 106 Å². The predicted octanol–water partition coefficient (Wildman–Crippen LogP) is 5.20. The summed E-state index contributed by atoms with van der Waals surface area (Å²) in [7, 11) is 0. The maximum Gasteiger partial charge on any atom is 0.122 e. The summed E-state index contributed by atoms with van der Waals surface area (Å²) >= 11 is 6.16. The normalized spacial score (nSPS) is 20.8. The molecule has 4 nitrogen and oxygen atoms in total. The molecule has 0 radical (unpaired) electrons. The van der Waals surface area contributed by atoms with Crippen molar-refractivity contribution in [2.45, 2.75) is 31.3 Å². The molecule has 158 valence electrons. The number of hydrogen-bond acceptors (Lipinski definition) is 4. The molecule has 0 saturated carbocycles. The number of nitriles is 1. The Kier molecular flexibility index (Phi) is 7.01. The predicted molar refractivity (Wildman–Crippen MR) is 122 cm³/mol. The van der Waals surface area contributed by atoms with Crippen molar-refractivity contribution in [3.63, 3.8) is 0 Å². The summed E-state index contributed by atoms with van der Waals surface area (Å²) in [4.78, 5) is 0. The number of piperidine rings is 1. The second-order valence-electron chi connectivity index (χ2n) is 7.74. The summed E-state index contributed by atoms with van der Waals surface area (Å²) in [5, 5.41) is 13.3. The van der Waals surface area contributed by atoms with Gasteiger partial charge in [-0.15, -0.1) is 0 Å². The van der Waals surface area contributed by atoms with Crippen molar-refractivity contribution in [1.82, 2.24) is 5.32 Å². The molecule has 0 unspecified atom stereocenters. The molecule has 1 aliphatic rings. The number of nitrogens with one attached hydrogen (secondary N) is 1. The number of benzene rings is 3. The molecule has 4 rings (SSSR count). The van der Waals surface area contributed by atoms with Gasteiger partial charge in [-0.1, -0.05) is 66.2 Å². The smallest absolute Gasteiger partial charge is 0.122 e. The lowest BCUT2D eigenvalue weighted by Gasteiger charge is -2.44. The molecule has 1 heterocycles. The molecule has 3 aromatic carbocycles. The number of nitrogens with zero attached hydrogens (tertiary/aromatic N) is 1. The highest BCUT2D eigenvalue weighted by molar-refractivity contribution is 6.30. The van der Waals surface area contributed by atoms with Crippen LogP contribution >= 0.6 is 11.6 Å². The topological polar surface area (TPSA) is 54.3 Å². The van der Waals surface area contributed by atoms with Crippen LogP contribution in [-0.4, -0.2) is 19.2 Å². The monoisotopic (exact) mass is 432 g/mol. The van der Waals surface area contributed by atoms with E-state index in [1.807, 2.05) is 60.7 Å². The zero-order chi connectivity index (χ0) is 21.5. The zero-order valence-electron chi connectivity index (χ0n) is 17.3. The second-order valence-corrected chi connectivity index (χ2v) is 8.17. The average Bonchev–Trinajstić information content (AvgIpc) is 2.83. The molecule has 1 N–H and O–H groups in total. The van der Waals surface area contributed by atoms with Crippen LogP contribution < -0.4 is 5.32 Å². The minimum atomic E-state index is -0.599. The molecule has 0 bridgehead atoms. The Balaban J connectivity index is 1.61. The first kappa shape index (κ1) is 21.5. The van der Waals surface area contributed by atoms with E-state index in [1.165, 1.54) is 0 Å². The fourth-order valence-electron chi connectivity index (χ4n) is 4.05. The van der Waals surface area contributed by atoms with Crippen LogP contribution in [0.1, 0.15) is 28.7 Å². The molecule has 2 atom stereocenters. The van der Waals surface area contributed by atoms with Crippen molar-refractivity contribution < 1.29 is 9.47 Å². The number of halogens is 1.